The van der Waals surface area contributed by atoms with E-state index in [1.54, 1.807) is 0 Å². The van der Waals surface area contributed by atoms with E-state index in [4.69, 9.17) is 0 Å². The Balaban J connectivity index is 2.21. The molecular formula is C15H30N2. The van der Waals surface area contributed by atoms with E-state index in [0.29, 0.717) is 0 Å². The molecule has 0 spiro atoms. The van der Waals surface area contributed by atoms with Crippen molar-refractivity contribution in [2.24, 2.45) is 5.92 Å². The topological polar surface area (TPSA) is 15.3 Å². The van der Waals surface area contributed by atoms with Gasteiger partial charge in [0.25, 0.3) is 0 Å². The smallest absolute Gasteiger partial charge is 0.0205 e. The zero-order valence-electron chi connectivity index (χ0n) is 12.0. The monoisotopic (exact) mass is 238 g/mol. The van der Waals surface area contributed by atoms with Crippen molar-refractivity contribution in [2.75, 3.05) is 26.2 Å². The third-order valence-corrected chi connectivity index (χ3v) is 3.29. The van der Waals surface area contributed by atoms with Crippen molar-refractivity contribution >= 4 is 0 Å². The van der Waals surface area contributed by atoms with E-state index in [0.717, 1.165) is 31.6 Å². The van der Waals surface area contributed by atoms with E-state index in [2.05, 4.69) is 37.6 Å². The van der Waals surface area contributed by atoms with Gasteiger partial charge < -0.3 is 5.32 Å². The van der Waals surface area contributed by atoms with E-state index in [-0.39, 0.29) is 0 Å². The number of hydrogen-bond acceptors (Lipinski definition) is 2. The molecule has 0 atom stereocenters. The van der Waals surface area contributed by atoms with Crippen molar-refractivity contribution in [2.45, 2.75) is 52.5 Å². The summed E-state index contributed by atoms with van der Waals surface area (Å²) in [6.45, 7) is 15.4. The molecule has 1 N–H and O–H groups in total. The molecule has 17 heavy (non-hydrogen) atoms. The molecule has 0 aromatic heterocycles. The molecule has 0 unspecified atom stereocenters. The van der Waals surface area contributed by atoms with Crippen molar-refractivity contribution in [3.8, 4) is 0 Å². The minimum absolute atomic E-state index is 0.808. The first-order valence-corrected chi connectivity index (χ1v) is 7.24. The van der Waals surface area contributed by atoms with E-state index < -0.39 is 0 Å². The molecule has 1 aliphatic rings. The molecule has 2 heteroatoms. The molecule has 1 fully saturated rings. The van der Waals surface area contributed by atoms with Crippen LogP contribution in [0, 0.1) is 5.92 Å². The first-order valence-electron chi connectivity index (χ1n) is 7.24. The Morgan fingerprint density at radius 3 is 2.65 bits per heavy atom. The molecule has 1 saturated carbocycles. The van der Waals surface area contributed by atoms with Gasteiger partial charge in [0, 0.05) is 19.1 Å². The van der Waals surface area contributed by atoms with Gasteiger partial charge >= 0.3 is 0 Å². The van der Waals surface area contributed by atoms with Crippen molar-refractivity contribution < 1.29 is 0 Å². The van der Waals surface area contributed by atoms with E-state index in [9.17, 15) is 0 Å². The molecule has 2 nitrogen and oxygen atoms in total. The zero-order valence-corrected chi connectivity index (χ0v) is 12.0. The summed E-state index contributed by atoms with van der Waals surface area (Å²) in [7, 11) is 0. The maximum Gasteiger partial charge on any atom is 0.0205 e. The molecule has 0 amide bonds. The minimum Gasteiger partial charge on any atom is -0.313 e. The van der Waals surface area contributed by atoms with Gasteiger partial charge in [-0.15, -0.1) is 0 Å². The van der Waals surface area contributed by atoms with Crippen LogP contribution in [-0.4, -0.2) is 37.1 Å². The lowest BCUT2D eigenvalue weighted by molar-refractivity contribution is 0.266. The molecule has 0 heterocycles. The molecule has 0 aliphatic heterocycles. The van der Waals surface area contributed by atoms with E-state index >= 15 is 0 Å². The van der Waals surface area contributed by atoms with Gasteiger partial charge in [0.2, 0.25) is 0 Å². The Bertz CT molecular complexity index is 219. The normalized spacial score (nSPS) is 15.8. The zero-order chi connectivity index (χ0) is 12.7. The maximum atomic E-state index is 4.20. The second-order valence-electron chi connectivity index (χ2n) is 5.81. The highest BCUT2D eigenvalue weighted by molar-refractivity contribution is 5.02. The van der Waals surface area contributed by atoms with Crippen LogP contribution in [0.3, 0.4) is 0 Å². The van der Waals surface area contributed by atoms with Crippen LogP contribution in [0.25, 0.3) is 0 Å². The van der Waals surface area contributed by atoms with Crippen molar-refractivity contribution in [3.63, 3.8) is 0 Å². The minimum atomic E-state index is 0.808. The summed E-state index contributed by atoms with van der Waals surface area (Å²) >= 11 is 0. The van der Waals surface area contributed by atoms with Crippen molar-refractivity contribution in [3.05, 3.63) is 12.2 Å². The Morgan fingerprint density at radius 2 is 2.12 bits per heavy atom. The molecule has 1 aliphatic carbocycles. The summed E-state index contributed by atoms with van der Waals surface area (Å²) in [5.74, 6) is 0.808. The predicted molar refractivity (Wildman–Crippen MR) is 76.4 cm³/mol. The van der Waals surface area contributed by atoms with Crippen LogP contribution in [0.1, 0.15) is 46.5 Å². The predicted octanol–water partition coefficient (Wildman–Crippen LogP) is 3.05. The van der Waals surface area contributed by atoms with Gasteiger partial charge in [-0.2, -0.15) is 0 Å². The highest BCUT2D eigenvalue weighted by Crippen LogP contribution is 2.27. The maximum absolute atomic E-state index is 4.20. The summed E-state index contributed by atoms with van der Waals surface area (Å²) in [5, 5.41) is 3.44. The summed E-state index contributed by atoms with van der Waals surface area (Å²) in [6, 6.07) is 0.858. The Labute approximate surface area is 107 Å². The van der Waals surface area contributed by atoms with Crippen LogP contribution in [0.5, 0.6) is 0 Å². The molecule has 1 rings (SSSR count). The van der Waals surface area contributed by atoms with Gasteiger partial charge in [0.1, 0.15) is 0 Å². The van der Waals surface area contributed by atoms with E-state index in [1.807, 2.05) is 0 Å². The lowest BCUT2D eigenvalue weighted by Crippen LogP contribution is -2.32. The van der Waals surface area contributed by atoms with E-state index in [1.165, 1.54) is 37.8 Å². The number of rotatable bonds is 10. The quantitative estimate of drug-likeness (QED) is 0.465. The fourth-order valence-corrected chi connectivity index (χ4v) is 2.04. The standard InChI is InChI=1S/C15H30N2/c1-5-9-16-11-14(4)12-17(15-6-7-15)10-8-13(2)3/h13,15-16H,4-12H2,1-3H3. The number of hydrogen-bond donors (Lipinski definition) is 1. The lowest BCUT2D eigenvalue weighted by atomic mass is 10.1. The van der Waals surface area contributed by atoms with Crippen LogP contribution >= 0.6 is 0 Å². The van der Waals surface area contributed by atoms with Crippen molar-refractivity contribution in [1.29, 1.82) is 0 Å². The number of nitrogens with one attached hydrogen (secondary N) is 1. The van der Waals surface area contributed by atoms with Gasteiger partial charge in [0.05, 0.1) is 0 Å². The van der Waals surface area contributed by atoms with Gasteiger partial charge in [-0.1, -0.05) is 27.4 Å². The summed E-state index contributed by atoms with van der Waals surface area (Å²) < 4.78 is 0. The number of nitrogens with zero attached hydrogens (tertiary/aromatic N) is 1. The van der Waals surface area contributed by atoms with Gasteiger partial charge in [-0.05, 0) is 50.3 Å². The molecule has 0 bridgehead atoms. The molecule has 0 aromatic carbocycles. The third kappa shape index (κ3) is 6.85. The third-order valence-electron chi connectivity index (χ3n) is 3.29. The second kappa shape index (κ2) is 7.88. The largest absolute Gasteiger partial charge is 0.313 e. The average Bonchev–Trinajstić information content (AvgIpc) is 3.08. The SMILES string of the molecule is C=C(CNCCC)CN(CCC(C)C)C1CC1. The molecule has 100 valence electrons. The van der Waals surface area contributed by atoms with Crippen LogP contribution in [0.4, 0.5) is 0 Å². The lowest BCUT2D eigenvalue weighted by Gasteiger charge is -2.24. The first kappa shape index (κ1) is 14.7. The van der Waals surface area contributed by atoms with Gasteiger partial charge in [-0.25, -0.2) is 0 Å². The van der Waals surface area contributed by atoms with Crippen LogP contribution < -0.4 is 5.32 Å². The summed E-state index contributed by atoms with van der Waals surface area (Å²) in [4.78, 5) is 2.63. The molecule has 0 radical (unpaired) electrons. The second-order valence-corrected chi connectivity index (χ2v) is 5.81. The van der Waals surface area contributed by atoms with Crippen molar-refractivity contribution in [1.82, 2.24) is 10.2 Å². The summed E-state index contributed by atoms with van der Waals surface area (Å²) in [5.41, 5.74) is 1.34. The van der Waals surface area contributed by atoms with Crippen LogP contribution in [0.15, 0.2) is 12.2 Å². The van der Waals surface area contributed by atoms with Crippen LogP contribution in [-0.2, 0) is 0 Å². The van der Waals surface area contributed by atoms with Crippen LogP contribution in [0.2, 0.25) is 0 Å². The molecule has 0 saturated heterocycles. The highest BCUT2D eigenvalue weighted by Gasteiger charge is 2.28. The highest BCUT2D eigenvalue weighted by atomic mass is 15.2. The Hall–Kier alpha value is -0.340. The van der Waals surface area contributed by atoms with Gasteiger partial charge in [0.15, 0.2) is 0 Å². The summed E-state index contributed by atoms with van der Waals surface area (Å²) in [6.07, 6.45) is 5.31. The fourth-order valence-electron chi connectivity index (χ4n) is 2.04. The molecular weight excluding hydrogens is 208 g/mol. The molecule has 0 aromatic rings. The first-order chi connectivity index (χ1) is 8.13. The Morgan fingerprint density at radius 1 is 1.41 bits per heavy atom. The Kier molecular flexibility index (Phi) is 6.83. The van der Waals surface area contributed by atoms with Gasteiger partial charge in [-0.3, -0.25) is 4.90 Å². The average molecular weight is 238 g/mol. The fraction of sp³-hybridized carbons (Fsp3) is 0.867.